The standard InChI is InChI=1S/C30H33N5O3/c1-23-21-28(35-30(33-23)32-18-20-38-26-15-9-4-10-16-26)34-27(22-24-11-5-2-6-12-24)29(36)31-17-19-37-25-13-7-3-8-14-25/h2-16,21,27H,17-20,22H2,1H3,(H,31,36)(H2,32,33,34,35)/t27-/m0/s1. The molecule has 0 aliphatic heterocycles. The van der Waals surface area contributed by atoms with Gasteiger partial charge in [0.1, 0.15) is 36.6 Å². The normalized spacial score (nSPS) is 11.3. The van der Waals surface area contributed by atoms with Crippen molar-refractivity contribution in [3.8, 4) is 11.5 Å². The van der Waals surface area contributed by atoms with Crippen LogP contribution in [0.5, 0.6) is 11.5 Å². The summed E-state index contributed by atoms with van der Waals surface area (Å²) < 4.78 is 11.4. The third-order valence-electron chi connectivity index (χ3n) is 5.59. The number of hydrogen-bond donors (Lipinski definition) is 3. The van der Waals surface area contributed by atoms with Gasteiger partial charge in [-0.2, -0.15) is 4.98 Å². The zero-order valence-corrected chi connectivity index (χ0v) is 21.5. The SMILES string of the molecule is Cc1cc(N[C@@H](Cc2ccccc2)C(=O)NCCOc2ccccc2)nc(NCCOc2ccccc2)n1. The van der Waals surface area contributed by atoms with Crippen LogP contribution in [0, 0.1) is 6.92 Å². The number of para-hydroxylation sites is 2. The first-order valence-electron chi connectivity index (χ1n) is 12.7. The second-order valence-corrected chi connectivity index (χ2v) is 8.65. The summed E-state index contributed by atoms with van der Waals surface area (Å²) in [5, 5.41) is 9.49. The largest absolute Gasteiger partial charge is 0.492 e. The Balaban J connectivity index is 1.35. The molecule has 1 heterocycles. The number of ether oxygens (including phenoxy) is 2. The maximum atomic E-state index is 13.2. The van der Waals surface area contributed by atoms with Crippen molar-refractivity contribution < 1.29 is 14.3 Å². The average Bonchev–Trinajstić information content (AvgIpc) is 2.94. The van der Waals surface area contributed by atoms with Crippen LogP contribution in [0.2, 0.25) is 0 Å². The minimum absolute atomic E-state index is 0.132. The number of aromatic nitrogens is 2. The Morgan fingerprint density at radius 3 is 2.00 bits per heavy atom. The lowest BCUT2D eigenvalue weighted by Crippen LogP contribution is -2.42. The van der Waals surface area contributed by atoms with Crippen molar-refractivity contribution in [1.29, 1.82) is 0 Å². The molecule has 4 aromatic rings. The molecule has 0 unspecified atom stereocenters. The van der Waals surface area contributed by atoms with E-state index in [1.165, 1.54) is 0 Å². The van der Waals surface area contributed by atoms with E-state index in [4.69, 9.17) is 9.47 Å². The van der Waals surface area contributed by atoms with Gasteiger partial charge in [-0.15, -0.1) is 0 Å². The second kappa shape index (κ2) is 14.2. The van der Waals surface area contributed by atoms with E-state index >= 15 is 0 Å². The van der Waals surface area contributed by atoms with E-state index in [2.05, 4.69) is 25.9 Å². The Morgan fingerprint density at radius 1 is 0.789 bits per heavy atom. The highest BCUT2D eigenvalue weighted by molar-refractivity contribution is 5.84. The van der Waals surface area contributed by atoms with Gasteiger partial charge in [-0.25, -0.2) is 4.98 Å². The van der Waals surface area contributed by atoms with Crippen LogP contribution >= 0.6 is 0 Å². The summed E-state index contributed by atoms with van der Waals surface area (Å²) in [6.07, 6.45) is 0.503. The first-order valence-corrected chi connectivity index (χ1v) is 12.7. The van der Waals surface area contributed by atoms with E-state index in [-0.39, 0.29) is 5.91 Å². The Morgan fingerprint density at radius 2 is 1.37 bits per heavy atom. The van der Waals surface area contributed by atoms with Crippen LogP contribution in [0.25, 0.3) is 0 Å². The van der Waals surface area contributed by atoms with Crippen molar-refractivity contribution in [3.05, 3.63) is 108 Å². The molecule has 0 bridgehead atoms. The Hall–Kier alpha value is -4.59. The molecule has 0 aliphatic carbocycles. The van der Waals surface area contributed by atoms with Crippen LogP contribution in [0.1, 0.15) is 11.3 Å². The molecule has 8 heteroatoms. The first kappa shape index (κ1) is 26.5. The van der Waals surface area contributed by atoms with Crippen molar-refractivity contribution in [1.82, 2.24) is 15.3 Å². The Bertz CT molecular complexity index is 1260. The number of aryl methyl sites for hydroxylation is 1. The van der Waals surface area contributed by atoms with Crippen LogP contribution in [-0.2, 0) is 11.2 Å². The molecule has 0 fully saturated rings. The lowest BCUT2D eigenvalue weighted by molar-refractivity contribution is -0.121. The van der Waals surface area contributed by atoms with Gasteiger partial charge in [0.15, 0.2) is 0 Å². The van der Waals surface area contributed by atoms with Crippen molar-refractivity contribution in [3.63, 3.8) is 0 Å². The highest BCUT2D eigenvalue weighted by atomic mass is 16.5. The fourth-order valence-corrected chi connectivity index (χ4v) is 3.79. The van der Waals surface area contributed by atoms with Crippen LogP contribution in [-0.4, -0.2) is 48.2 Å². The van der Waals surface area contributed by atoms with Crippen LogP contribution in [0.15, 0.2) is 97.1 Å². The molecule has 196 valence electrons. The fraction of sp³-hybridized carbons (Fsp3) is 0.233. The highest BCUT2D eigenvalue weighted by Gasteiger charge is 2.20. The molecule has 0 spiro atoms. The number of carbonyl (C=O) groups excluding carboxylic acids is 1. The van der Waals surface area contributed by atoms with Gasteiger partial charge < -0.3 is 25.4 Å². The van der Waals surface area contributed by atoms with Crippen molar-refractivity contribution in [2.45, 2.75) is 19.4 Å². The third-order valence-corrected chi connectivity index (χ3v) is 5.59. The maximum absolute atomic E-state index is 13.2. The summed E-state index contributed by atoms with van der Waals surface area (Å²) >= 11 is 0. The lowest BCUT2D eigenvalue weighted by Gasteiger charge is -2.20. The summed E-state index contributed by atoms with van der Waals surface area (Å²) in [4.78, 5) is 22.2. The molecule has 1 atom stereocenters. The minimum Gasteiger partial charge on any atom is -0.492 e. The summed E-state index contributed by atoms with van der Waals surface area (Å²) in [5.41, 5.74) is 1.83. The predicted octanol–water partition coefficient (Wildman–Crippen LogP) is 4.49. The zero-order valence-electron chi connectivity index (χ0n) is 21.5. The van der Waals surface area contributed by atoms with E-state index in [1.54, 1.807) is 0 Å². The predicted molar refractivity (Wildman–Crippen MR) is 150 cm³/mol. The number of carbonyl (C=O) groups is 1. The van der Waals surface area contributed by atoms with Gasteiger partial charge in [0.25, 0.3) is 0 Å². The summed E-state index contributed by atoms with van der Waals surface area (Å²) in [5.74, 6) is 2.49. The number of hydrogen-bond acceptors (Lipinski definition) is 7. The average molecular weight is 512 g/mol. The molecule has 1 amide bonds. The molecular formula is C30H33N5O3. The number of anilines is 2. The van der Waals surface area contributed by atoms with Crippen LogP contribution in [0.4, 0.5) is 11.8 Å². The number of rotatable bonds is 14. The van der Waals surface area contributed by atoms with Crippen molar-refractivity contribution >= 4 is 17.7 Å². The topological polar surface area (TPSA) is 97.4 Å². The lowest BCUT2D eigenvalue weighted by atomic mass is 10.1. The quantitative estimate of drug-likeness (QED) is 0.215. The molecule has 0 saturated heterocycles. The molecule has 8 nitrogen and oxygen atoms in total. The van der Waals surface area contributed by atoms with Crippen LogP contribution < -0.4 is 25.4 Å². The monoisotopic (exact) mass is 511 g/mol. The minimum atomic E-state index is -0.530. The molecule has 1 aromatic heterocycles. The van der Waals surface area contributed by atoms with E-state index in [9.17, 15) is 4.79 Å². The van der Waals surface area contributed by atoms with Crippen molar-refractivity contribution in [2.24, 2.45) is 0 Å². The highest BCUT2D eigenvalue weighted by Crippen LogP contribution is 2.14. The Kier molecular flexibility index (Phi) is 9.91. The number of nitrogens with one attached hydrogen (secondary N) is 3. The number of amides is 1. The second-order valence-electron chi connectivity index (χ2n) is 8.65. The molecule has 0 saturated carbocycles. The van der Waals surface area contributed by atoms with E-state index < -0.39 is 6.04 Å². The van der Waals surface area contributed by atoms with Crippen LogP contribution in [0.3, 0.4) is 0 Å². The molecule has 4 rings (SSSR count). The smallest absolute Gasteiger partial charge is 0.243 e. The molecule has 3 N–H and O–H groups in total. The molecule has 0 radical (unpaired) electrons. The number of benzene rings is 3. The summed E-state index contributed by atoms with van der Waals surface area (Å²) in [7, 11) is 0. The molecule has 38 heavy (non-hydrogen) atoms. The Labute approximate surface area is 223 Å². The van der Waals surface area contributed by atoms with Crippen molar-refractivity contribution in [2.75, 3.05) is 36.9 Å². The molecule has 0 aliphatic rings. The van der Waals surface area contributed by atoms with Gasteiger partial charge in [0.05, 0.1) is 13.1 Å². The first-order chi connectivity index (χ1) is 18.7. The van der Waals surface area contributed by atoms with Gasteiger partial charge >= 0.3 is 0 Å². The van der Waals surface area contributed by atoms with E-state index in [1.807, 2.05) is 104 Å². The van der Waals surface area contributed by atoms with E-state index in [0.717, 1.165) is 22.8 Å². The maximum Gasteiger partial charge on any atom is 0.243 e. The van der Waals surface area contributed by atoms with Gasteiger partial charge in [-0.05, 0) is 36.8 Å². The summed E-state index contributed by atoms with van der Waals surface area (Å²) in [6.45, 7) is 3.66. The van der Waals surface area contributed by atoms with Gasteiger partial charge in [-0.3, -0.25) is 4.79 Å². The molecular weight excluding hydrogens is 478 g/mol. The fourth-order valence-electron chi connectivity index (χ4n) is 3.79. The van der Waals surface area contributed by atoms with Gasteiger partial charge in [0.2, 0.25) is 11.9 Å². The zero-order chi connectivity index (χ0) is 26.4. The van der Waals surface area contributed by atoms with E-state index in [0.29, 0.717) is 44.5 Å². The molecule has 3 aromatic carbocycles. The van der Waals surface area contributed by atoms with Gasteiger partial charge in [0, 0.05) is 18.2 Å². The van der Waals surface area contributed by atoms with Gasteiger partial charge in [-0.1, -0.05) is 66.7 Å². The summed E-state index contributed by atoms with van der Waals surface area (Å²) in [6, 6.07) is 30.4. The third kappa shape index (κ3) is 8.81. The number of nitrogens with zero attached hydrogens (tertiary/aromatic N) is 2.